The summed E-state index contributed by atoms with van der Waals surface area (Å²) in [4.78, 5) is 14.4. The third-order valence-corrected chi connectivity index (χ3v) is 2.97. The zero-order valence-electron chi connectivity index (χ0n) is 10.8. The first-order chi connectivity index (χ1) is 9.39. The molecule has 0 N–H and O–H groups in total. The van der Waals surface area contributed by atoms with Crippen molar-refractivity contribution in [2.24, 2.45) is 4.99 Å². The Bertz CT molecular complexity index is 515. The minimum atomic E-state index is -4.40. The van der Waals surface area contributed by atoms with Crippen molar-refractivity contribution < 1.29 is 18.0 Å². The number of carbonyl (C=O) groups excluding carboxylic acids is 1. The van der Waals surface area contributed by atoms with Crippen LogP contribution in [0.2, 0.25) is 0 Å². The first-order valence-electron chi connectivity index (χ1n) is 5.88. The van der Waals surface area contributed by atoms with Crippen molar-refractivity contribution >= 4 is 6.08 Å². The summed E-state index contributed by atoms with van der Waals surface area (Å²) in [6, 6.07) is 4.57. The van der Waals surface area contributed by atoms with Gasteiger partial charge in [-0.3, -0.25) is 0 Å². The number of alkyl halides is 3. The molecule has 5 heteroatoms. The van der Waals surface area contributed by atoms with Crippen LogP contribution in [0.25, 0.3) is 0 Å². The predicted molar refractivity (Wildman–Crippen MR) is 70.9 cm³/mol. The maximum Gasteiger partial charge on any atom is 0.416 e. The van der Waals surface area contributed by atoms with Gasteiger partial charge < -0.3 is 0 Å². The third-order valence-electron chi connectivity index (χ3n) is 2.97. The second-order valence-electron chi connectivity index (χ2n) is 4.30. The van der Waals surface area contributed by atoms with E-state index in [0.29, 0.717) is 18.4 Å². The molecule has 0 spiro atoms. The summed E-state index contributed by atoms with van der Waals surface area (Å²) in [6.45, 7) is 7.18. The van der Waals surface area contributed by atoms with Crippen molar-refractivity contribution in [1.29, 1.82) is 0 Å². The van der Waals surface area contributed by atoms with Gasteiger partial charge in [-0.25, -0.2) is 4.79 Å². The van der Waals surface area contributed by atoms with Crippen LogP contribution in [0.1, 0.15) is 24.0 Å². The van der Waals surface area contributed by atoms with Crippen LogP contribution < -0.4 is 0 Å². The van der Waals surface area contributed by atoms with Gasteiger partial charge in [0.15, 0.2) is 0 Å². The lowest BCUT2D eigenvalue weighted by Gasteiger charge is -2.26. The molecule has 0 radical (unpaired) electrons. The van der Waals surface area contributed by atoms with Gasteiger partial charge in [-0.1, -0.05) is 24.3 Å². The Morgan fingerprint density at radius 3 is 1.85 bits per heavy atom. The van der Waals surface area contributed by atoms with Crippen LogP contribution in [-0.4, -0.2) is 6.08 Å². The highest BCUT2D eigenvalue weighted by molar-refractivity contribution is 5.40. The van der Waals surface area contributed by atoms with Crippen LogP contribution >= 0.6 is 0 Å². The largest absolute Gasteiger partial charge is 0.416 e. The number of hydrogen-bond donors (Lipinski definition) is 0. The number of rotatable bonds is 6. The van der Waals surface area contributed by atoms with E-state index in [2.05, 4.69) is 18.2 Å². The van der Waals surface area contributed by atoms with Gasteiger partial charge in [0.25, 0.3) is 0 Å². The zero-order chi connectivity index (χ0) is 15.2. The van der Waals surface area contributed by atoms with Crippen molar-refractivity contribution in [1.82, 2.24) is 0 Å². The highest BCUT2D eigenvalue weighted by atomic mass is 19.4. The topological polar surface area (TPSA) is 29.4 Å². The number of benzene rings is 1. The Kier molecular flexibility index (Phi) is 5.06. The van der Waals surface area contributed by atoms with E-state index in [0.717, 1.165) is 12.1 Å². The van der Waals surface area contributed by atoms with Gasteiger partial charge in [-0.15, -0.1) is 13.2 Å². The van der Waals surface area contributed by atoms with Gasteiger partial charge in [-0.2, -0.15) is 18.2 Å². The Hall–Kier alpha value is -2.13. The molecule has 1 aromatic rings. The predicted octanol–water partition coefficient (Wildman–Crippen LogP) is 4.39. The van der Waals surface area contributed by atoms with Crippen LogP contribution in [0.3, 0.4) is 0 Å². The zero-order valence-corrected chi connectivity index (χ0v) is 10.8. The van der Waals surface area contributed by atoms with E-state index in [-0.39, 0.29) is 0 Å². The lowest BCUT2D eigenvalue weighted by Crippen LogP contribution is -2.22. The molecule has 0 saturated heterocycles. The smallest absolute Gasteiger partial charge is 0.211 e. The van der Waals surface area contributed by atoms with Gasteiger partial charge in [-0.05, 0) is 30.5 Å². The van der Waals surface area contributed by atoms with Gasteiger partial charge >= 0.3 is 6.18 Å². The molecule has 20 heavy (non-hydrogen) atoms. The van der Waals surface area contributed by atoms with E-state index in [9.17, 15) is 18.0 Å². The molecule has 0 aliphatic rings. The number of nitrogens with zero attached hydrogens (tertiary/aromatic N) is 1. The van der Waals surface area contributed by atoms with Crippen LogP contribution in [-0.2, 0) is 16.5 Å². The molecule has 0 amide bonds. The molecule has 0 saturated carbocycles. The minimum absolute atomic E-state index is 0.305. The molecule has 0 unspecified atom stereocenters. The fourth-order valence-corrected chi connectivity index (χ4v) is 2.01. The summed E-state index contributed by atoms with van der Waals surface area (Å²) >= 11 is 0. The maximum atomic E-state index is 12.5. The Morgan fingerprint density at radius 1 is 1.05 bits per heavy atom. The first-order valence-corrected chi connectivity index (χ1v) is 5.88. The average Bonchev–Trinajstić information content (AvgIpc) is 2.38. The SMILES string of the molecule is C=CCC(CC=C)(N=C=O)c1ccc(C(F)(F)F)cc1. The van der Waals surface area contributed by atoms with E-state index >= 15 is 0 Å². The maximum absolute atomic E-state index is 12.5. The Labute approximate surface area is 115 Å². The lowest BCUT2D eigenvalue weighted by atomic mass is 9.84. The number of aliphatic imine (C=N–C) groups is 1. The molecule has 0 aromatic heterocycles. The molecule has 0 aliphatic heterocycles. The van der Waals surface area contributed by atoms with Crippen molar-refractivity contribution in [3.63, 3.8) is 0 Å². The highest BCUT2D eigenvalue weighted by Crippen LogP contribution is 2.36. The Balaban J connectivity index is 3.30. The molecule has 1 aromatic carbocycles. The van der Waals surface area contributed by atoms with E-state index in [1.807, 2.05) is 0 Å². The van der Waals surface area contributed by atoms with Crippen molar-refractivity contribution in [2.75, 3.05) is 0 Å². The summed E-state index contributed by atoms with van der Waals surface area (Å²) in [7, 11) is 0. The van der Waals surface area contributed by atoms with Gasteiger partial charge in [0.05, 0.1) is 5.56 Å². The second-order valence-corrected chi connectivity index (χ2v) is 4.30. The monoisotopic (exact) mass is 281 g/mol. The lowest BCUT2D eigenvalue weighted by molar-refractivity contribution is -0.137. The van der Waals surface area contributed by atoms with Crippen LogP contribution in [0.4, 0.5) is 13.2 Å². The fraction of sp³-hybridized carbons (Fsp3) is 0.267. The number of halogens is 3. The molecular weight excluding hydrogens is 267 g/mol. The van der Waals surface area contributed by atoms with Crippen LogP contribution in [0.15, 0.2) is 54.6 Å². The molecular formula is C15H14F3NO. The normalized spacial score (nSPS) is 11.6. The molecule has 0 heterocycles. The van der Waals surface area contributed by atoms with E-state index < -0.39 is 17.3 Å². The summed E-state index contributed by atoms with van der Waals surface area (Å²) in [5.74, 6) is 0. The molecule has 2 nitrogen and oxygen atoms in total. The number of isocyanates is 1. The summed E-state index contributed by atoms with van der Waals surface area (Å²) in [5, 5.41) is 0. The van der Waals surface area contributed by atoms with E-state index in [1.54, 1.807) is 12.2 Å². The standard InChI is InChI=1S/C15H14F3NO/c1-3-9-14(10-4-2,19-11-20)12-5-7-13(8-6-12)15(16,17)18/h3-8H,1-2,9-10H2. The Morgan fingerprint density at radius 2 is 1.50 bits per heavy atom. The van der Waals surface area contributed by atoms with Crippen molar-refractivity contribution in [2.45, 2.75) is 24.6 Å². The highest BCUT2D eigenvalue weighted by Gasteiger charge is 2.33. The van der Waals surface area contributed by atoms with Crippen LogP contribution in [0, 0.1) is 0 Å². The molecule has 0 aliphatic carbocycles. The quantitative estimate of drug-likeness (QED) is 0.432. The summed E-state index contributed by atoms with van der Waals surface area (Å²) in [6.07, 6.45) is 0.807. The number of hydrogen-bond acceptors (Lipinski definition) is 2. The summed E-state index contributed by atoms with van der Waals surface area (Å²) < 4.78 is 37.6. The third kappa shape index (κ3) is 3.45. The minimum Gasteiger partial charge on any atom is -0.211 e. The van der Waals surface area contributed by atoms with Gasteiger partial charge in [0.1, 0.15) is 5.54 Å². The first kappa shape index (κ1) is 15.9. The van der Waals surface area contributed by atoms with Crippen molar-refractivity contribution in [3.05, 3.63) is 60.7 Å². The summed E-state index contributed by atoms with van der Waals surface area (Å²) in [5.41, 5.74) is -1.24. The molecule has 1 rings (SSSR count). The molecule has 106 valence electrons. The van der Waals surface area contributed by atoms with E-state index in [4.69, 9.17) is 0 Å². The van der Waals surface area contributed by atoms with Crippen LogP contribution in [0.5, 0.6) is 0 Å². The van der Waals surface area contributed by atoms with Gasteiger partial charge in [0.2, 0.25) is 6.08 Å². The van der Waals surface area contributed by atoms with E-state index in [1.165, 1.54) is 18.2 Å². The van der Waals surface area contributed by atoms with Gasteiger partial charge in [0, 0.05) is 0 Å². The fourth-order valence-electron chi connectivity index (χ4n) is 2.01. The molecule has 0 bridgehead atoms. The second kappa shape index (κ2) is 6.35. The molecule has 0 atom stereocenters. The molecule has 0 fully saturated rings. The van der Waals surface area contributed by atoms with Crippen molar-refractivity contribution in [3.8, 4) is 0 Å². The average molecular weight is 281 g/mol.